The first-order chi connectivity index (χ1) is 9.93. The summed E-state index contributed by atoms with van der Waals surface area (Å²) in [6.45, 7) is 6.73. The van der Waals surface area contributed by atoms with E-state index in [2.05, 4.69) is 6.92 Å². The fourth-order valence-corrected chi connectivity index (χ4v) is 3.93. The van der Waals surface area contributed by atoms with Gasteiger partial charge in [-0.25, -0.2) is 4.79 Å². The van der Waals surface area contributed by atoms with E-state index >= 15 is 0 Å². The maximum Gasteiger partial charge on any atom is 0.326 e. The minimum Gasteiger partial charge on any atom is -0.480 e. The van der Waals surface area contributed by atoms with Gasteiger partial charge in [0.2, 0.25) is 0 Å². The molecule has 2 atom stereocenters. The van der Waals surface area contributed by atoms with Gasteiger partial charge >= 0.3 is 5.97 Å². The zero-order valence-corrected chi connectivity index (χ0v) is 13.7. The van der Waals surface area contributed by atoms with E-state index in [1.165, 1.54) is 16.9 Å². The summed E-state index contributed by atoms with van der Waals surface area (Å²) in [5.41, 5.74) is 1.21. The first-order valence-corrected chi connectivity index (χ1v) is 8.38. The molecule has 1 aliphatic heterocycles. The fourth-order valence-electron chi connectivity index (χ4n) is 2.90. The van der Waals surface area contributed by atoms with E-state index in [0.29, 0.717) is 23.8 Å². The van der Waals surface area contributed by atoms with Crippen LogP contribution in [0.25, 0.3) is 0 Å². The molecule has 1 N–H and O–H groups in total. The molecule has 1 aromatic heterocycles. The number of hydrogen-bond acceptors (Lipinski definition) is 3. The van der Waals surface area contributed by atoms with Crippen LogP contribution in [0.4, 0.5) is 0 Å². The monoisotopic (exact) mass is 309 g/mol. The van der Waals surface area contributed by atoms with Crippen LogP contribution in [-0.2, 0) is 11.2 Å². The molecular weight excluding hydrogens is 286 g/mol. The number of likely N-dealkylation sites (tertiary alicyclic amines) is 1. The van der Waals surface area contributed by atoms with Crippen LogP contribution in [0.2, 0.25) is 0 Å². The third-order valence-electron chi connectivity index (χ3n) is 4.16. The Balaban J connectivity index is 2.21. The Kier molecular flexibility index (Phi) is 5.04. The Morgan fingerprint density at radius 3 is 2.81 bits per heavy atom. The second-order valence-corrected chi connectivity index (χ2v) is 7.18. The number of hydrogen-bond donors (Lipinski definition) is 1. The van der Waals surface area contributed by atoms with Crippen molar-refractivity contribution in [3.05, 3.63) is 21.4 Å². The molecule has 1 fully saturated rings. The van der Waals surface area contributed by atoms with Gasteiger partial charge in [-0.05, 0) is 43.7 Å². The van der Waals surface area contributed by atoms with Gasteiger partial charge in [0.25, 0.3) is 5.91 Å². The van der Waals surface area contributed by atoms with Crippen LogP contribution in [0.15, 0.2) is 6.07 Å². The molecule has 0 saturated carbocycles. The van der Waals surface area contributed by atoms with E-state index in [1.54, 1.807) is 4.90 Å². The summed E-state index contributed by atoms with van der Waals surface area (Å²) < 4.78 is 0. The largest absolute Gasteiger partial charge is 0.480 e. The molecule has 2 unspecified atom stereocenters. The van der Waals surface area contributed by atoms with Gasteiger partial charge in [-0.15, -0.1) is 11.3 Å². The maximum atomic E-state index is 12.7. The number of carboxylic acid groups (broad SMARTS) is 1. The van der Waals surface area contributed by atoms with Crippen LogP contribution >= 0.6 is 11.3 Å². The summed E-state index contributed by atoms with van der Waals surface area (Å²) in [5, 5.41) is 9.38. The third-order valence-corrected chi connectivity index (χ3v) is 5.24. The van der Waals surface area contributed by atoms with E-state index < -0.39 is 12.0 Å². The van der Waals surface area contributed by atoms with Gasteiger partial charge < -0.3 is 10.0 Å². The lowest BCUT2D eigenvalue weighted by Gasteiger charge is -2.35. The summed E-state index contributed by atoms with van der Waals surface area (Å²) >= 11 is 1.49. The highest BCUT2D eigenvalue weighted by atomic mass is 32.1. The number of piperidine rings is 1. The van der Waals surface area contributed by atoms with Gasteiger partial charge in [0.05, 0.1) is 4.88 Å². The molecule has 21 heavy (non-hydrogen) atoms. The molecule has 1 aliphatic rings. The van der Waals surface area contributed by atoms with Gasteiger partial charge in [0.1, 0.15) is 6.04 Å². The zero-order valence-electron chi connectivity index (χ0n) is 12.9. The number of rotatable bonds is 4. The van der Waals surface area contributed by atoms with Crippen LogP contribution in [0, 0.1) is 12.8 Å². The van der Waals surface area contributed by atoms with Gasteiger partial charge in [-0.3, -0.25) is 4.79 Å². The zero-order chi connectivity index (χ0) is 15.6. The fraction of sp³-hybridized carbons (Fsp3) is 0.625. The molecule has 2 rings (SSSR count). The molecule has 4 nitrogen and oxygen atoms in total. The van der Waals surface area contributed by atoms with Gasteiger partial charge in [0.15, 0.2) is 0 Å². The number of carboxylic acids is 1. The van der Waals surface area contributed by atoms with Crippen molar-refractivity contribution >= 4 is 23.2 Å². The third kappa shape index (κ3) is 3.46. The molecule has 0 bridgehead atoms. The Morgan fingerprint density at radius 2 is 2.19 bits per heavy atom. The lowest BCUT2D eigenvalue weighted by Crippen LogP contribution is -2.49. The Hall–Kier alpha value is -1.36. The summed E-state index contributed by atoms with van der Waals surface area (Å²) in [6, 6.07) is 1.27. The molecule has 1 saturated heterocycles. The van der Waals surface area contributed by atoms with Gasteiger partial charge in [-0.2, -0.15) is 0 Å². The number of carbonyl (C=O) groups is 2. The molecule has 0 aliphatic carbocycles. The first kappa shape index (κ1) is 16.0. The van der Waals surface area contributed by atoms with E-state index in [-0.39, 0.29) is 5.91 Å². The van der Waals surface area contributed by atoms with Gasteiger partial charge in [-0.1, -0.05) is 20.3 Å². The molecule has 0 radical (unpaired) electrons. The van der Waals surface area contributed by atoms with Crippen LogP contribution in [-0.4, -0.2) is 34.5 Å². The van der Waals surface area contributed by atoms with Crippen LogP contribution in [0.5, 0.6) is 0 Å². The highest BCUT2D eigenvalue weighted by Gasteiger charge is 2.35. The van der Waals surface area contributed by atoms with E-state index in [1.807, 2.05) is 19.9 Å². The minimum atomic E-state index is -0.892. The SMILES string of the molecule is CCCc1cc(C(=O)N2CCC(C)CC2C(=O)O)sc1C. The normalized spacial score (nSPS) is 22.3. The second kappa shape index (κ2) is 6.60. The molecule has 5 heteroatoms. The van der Waals surface area contributed by atoms with Crippen molar-refractivity contribution in [1.82, 2.24) is 4.90 Å². The predicted molar refractivity (Wildman–Crippen MR) is 83.9 cm³/mol. The van der Waals surface area contributed by atoms with Crippen LogP contribution in [0.1, 0.15) is 53.2 Å². The number of thiophene rings is 1. The van der Waals surface area contributed by atoms with Crippen LogP contribution in [0.3, 0.4) is 0 Å². The van der Waals surface area contributed by atoms with E-state index in [0.717, 1.165) is 24.1 Å². The average molecular weight is 309 g/mol. The molecule has 1 amide bonds. The van der Waals surface area contributed by atoms with Crippen molar-refractivity contribution < 1.29 is 14.7 Å². The second-order valence-electron chi connectivity index (χ2n) is 5.92. The van der Waals surface area contributed by atoms with Crippen molar-refractivity contribution in [2.75, 3.05) is 6.54 Å². The Morgan fingerprint density at radius 1 is 1.48 bits per heavy atom. The number of aliphatic carboxylic acids is 1. The molecule has 2 heterocycles. The van der Waals surface area contributed by atoms with Crippen molar-refractivity contribution in [3.63, 3.8) is 0 Å². The molecule has 0 aromatic carbocycles. The maximum absolute atomic E-state index is 12.7. The van der Waals surface area contributed by atoms with Crippen molar-refractivity contribution in [2.24, 2.45) is 5.92 Å². The summed E-state index contributed by atoms with van der Waals surface area (Å²) in [5.74, 6) is -0.655. The smallest absolute Gasteiger partial charge is 0.326 e. The summed E-state index contributed by atoms with van der Waals surface area (Å²) in [7, 11) is 0. The van der Waals surface area contributed by atoms with Crippen molar-refractivity contribution in [1.29, 1.82) is 0 Å². The van der Waals surface area contributed by atoms with Gasteiger partial charge in [0, 0.05) is 11.4 Å². The van der Waals surface area contributed by atoms with Crippen molar-refractivity contribution in [3.8, 4) is 0 Å². The van der Waals surface area contributed by atoms with E-state index in [4.69, 9.17) is 0 Å². The lowest BCUT2D eigenvalue weighted by molar-refractivity contribution is -0.144. The summed E-state index contributed by atoms with van der Waals surface area (Å²) in [4.78, 5) is 27.5. The predicted octanol–water partition coefficient (Wildman–Crippen LogP) is 3.33. The highest BCUT2D eigenvalue weighted by Crippen LogP contribution is 2.28. The standard InChI is InChI=1S/C16H23NO3S/c1-4-5-12-9-14(21-11(12)3)15(18)17-7-6-10(2)8-13(17)16(19)20/h9-10,13H,4-8H2,1-3H3,(H,19,20). The lowest BCUT2D eigenvalue weighted by atomic mass is 9.92. The van der Waals surface area contributed by atoms with Crippen molar-refractivity contribution in [2.45, 2.75) is 52.5 Å². The van der Waals surface area contributed by atoms with E-state index in [9.17, 15) is 14.7 Å². The number of carbonyl (C=O) groups excluding carboxylic acids is 1. The molecule has 0 spiro atoms. The minimum absolute atomic E-state index is 0.121. The number of amides is 1. The molecular formula is C16H23NO3S. The number of aryl methyl sites for hydroxylation is 2. The average Bonchev–Trinajstić information content (AvgIpc) is 2.80. The Bertz CT molecular complexity index is 538. The number of nitrogens with zero attached hydrogens (tertiary/aromatic N) is 1. The first-order valence-electron chi connectivity index (χ1n) is 7.57. The topological polar surface area (TPSA) is 57.6 Å². The molecule has 116 valence electrons. The quantitative estimate of drug-likeness (QED) is 0.928. The van der Waals surface area contributed by atoms with Crippen LogP contribution < -0.4 is 0 Å². The Labute approximate surface area is 129 Å². The molecule has 1 aromatic rings. The highest BCUT2D eigenvalue weighted by molar-refractivity contribution is 7.14. The summed E-state index contributed by atoms with van der Waals surface area (Å²) in [6.07, 6.45) is 3.44.